The molecule has 3 aromatic heterocycles. The number of allylic oxidation sites excluding steroid dienone is 1. The maximum absolute atomic E-state index is 13.3. The minimum atomic E-state index is -0.155. The van der Waals surface area contributed by atoms with Crippen molar-refractivity contribution in [2.75, 3.05) is 14.1 Å². The van der Waals surface area contributed by atoms with Crippen LogP contribution in [0.15, 0.2) is 41.8 Å². The van der Waals surface area contributed by atoms with Crippen molar-refractivity contribution in [1.29, 1.82) is 0 Å². The predicted octanol–water partition coefficient (Wildman–Crippen LogP) is 4.99. The molecule has 8 nitrogen and oxygen atoms in total. The van der Waals surface area contributed by atoms with E-state index in [2.05, 4.69) is 38.2 Å². The molecule has 1 N–H and O–H groups in total. The number of benzene rings is 1. The molecule has 0 atom stereocenters. The second-order valence-corrected chi connectivity index (χ2v) is 9.86. The molecule has 35 heavy (non-hydrogen) atoms. The summed E-state index contributed by atoms with van der Waals surface area (Å²) < 4.78 is 2.10. The van der Waals surface area contributed by atoms with Crippen LogP contribution in [0.25, 0.3) is 11.6 Å². The number of aromatic nitrogens is 6. The van der Waals surface area contributed by atoms with E-state index in [1.54, 1.807) is 30.3 Å². The molecule has 0 saturated carbocycles. The summed E-state index contributed by atoms with van der Waals surface area (Å²) in [6.45, 7) is 2.64. The molecule has 4 rings (SSSR count). The Morgan fingerprint density at radius 3 is 2.71 bits per heavy atom. The van der Waals surface area contributed by atoms with E-state index in [-0.39, 0.29) is 5.91 Å². The van der Waals surface area contributed by atoms with Gasteiger partial charge in [-0.3, -0.25) is 4.79 Å². The number of carbonyl (C=O) groups is 1. The van der Waals surface area contributed by atoms with Gasteiger partial charge >= 0.3 is 0 Å². The van der Waals surface area contributed by atoms with Crippen LogP contribution in [-0.4, -0.2) is 55.1 Å². The summed E-state index contributed by atoms with van der Waals surface area (Å²) in [6, 6.07) is 11.8. The molecule has 0 aliphatic heterocycles. The molecule has 0 fully saturated rings. The number of halogens is 1. The number of thiophene rings is 1. The summed E-state index contributed by atoms with van der Waals surface area (Å²) in [5.41, 5.74) is 2.96. The SMILES string of the molecule is CCCCc1nc(C(=O)N(C)C)c(C=C(Cc2cccs2)c2nnn[nH]2)n1Cc1ccccc1Cl. The first kappa shape index (κ1) is 24.8. The molecule has 0 aliphatic carbocycles. The average Bonchev–Trinajstić information content (AvgIpc) is 3.61. The molecular formula is C25H28ClN7OS. The summed E-state index contributed by atoms with van der Waals surface area (Å²) in [6.07, 6.45) is 5.34. The van der Waals surface area contributed by atoms with Crippen molar-refractivity contribution in [3.8, 4) is 0 Å². The largest absolute Gasteiger partial charge is 0.343 e. The van der Waals surface area contributed by atoms with Crippen molar-refractivity contribution in [1.82, 2.24) is 35.1 Å². The Morgan fingerprint density at radius 1 is 1.23 bits per heavy atom. The summed E-state index contributed by atoms with van der Waals surface area (Å²) >= 11 is 8.19. The lowest BCUT2D eigenvalue weighted by Crippen LogP contribution is -2.23. The van der Waals surface area contributed by atoms with Crippen LogP contribution >= 0.6 is 22.9 Å². The van der Waals surface area contributed by atoms with E-state index >= 15 is 0 Å². The van der Waals surface area contributed by atoms with E-state index in [9.17, 15) is 4.79 Å². The van der Waals surface area contributed by atoms with Gasteiger partial charge in [-0.2, -0.15) is 0 Å². The third-order valence-corrected chi connectivity index (χ3v) is 6.89. The quantitative estimate of drug-likeness (QED) is 0.325. The Labute approximate surface area is 213 Å². The van der Waals surface area contributed by atoms with Gasteiger partial charge in [-0.05, 0) is 46.0 Å². The Morgan fingerprint density at radius 2 is 2.06 bits per heavy atom. The number of hydrogen-bond acceptors (Lipinski definition) is 6. The predicted molar refractivity (Wildman–Crippen MR) is 139 cm³/mol. The van der Waals surface area contributed by atoms with Crippen LogP contribution in [0.5, 0.6) is 0 Å². The Kier molecular flexibility index (Phi) is 8.09. The highest BCUT2D eigenvalue weighted by Crippen LogP contribution is 2.27. The van der Waals surface area contributed by atoms with Crippen LogP contribution in [0.3, 0.4) is 0 Å². The van der Waals surface area contributed by atoms with Gasteiger partial charge in [0.1, 0.15) is 5.82 Å². The van der Waals surface area contributed by atoms with Crippen molar-refractivity contribution >= 4 is 40.5 Å². The minimum absolute atomic E-state index is 0.155. The van der Waals surface area contributed by atoms with Gasteiger partial charge in [-0.1, -0.05) is 49.2 Å². The smallest absolute Gasteiger partial charge is 0.274 e. The van der Waals surface area contributed by atoms with Gasteiger partial charge in [-0.25, -0.2) is 10.1 Å². The average molecular weight is 510 g/mol. The molecule has 182 valence electrons. The first-order valence-corrected chi connectivity index (χ1v) is 12.7. The van der Waals surface area contributed by atoms with Crippen LogP contribution in [0.2, 0.25) is 5.02 Å². The summed E-state index contributed by atoms with van der Waals surface area (Å²) in [4.78, 5) is 20.8. The van der Waals surface area contributed by atoms with Crippen LogP contribution in [0.4, 0.5) is 0 Å². The lowest BCUT2D eigenvalue weighted by molar-refractivity contribution is 0.0822. The zero-order chi connectivity index (χ0) is 24.8. The molecule has 0 unspecified atom stereocenters. The van der Waals surface area contributed by atoms with Crippen molar-refractivity contribution in [3.05, 3.63) is 80.3 Å². The Hall–Kier alpha value is -3.30. The number of aryl methyl sites for hydroxylation is 1. The Balaban J connectivity index is 1.91. The van der Waals surface area contributed by atoms with E-state index in [1.807, 2.05) is 41.8 Å². The molecule has 0 aliphatic rings. The topological polar surface area (TPSA) is 92.6 Å². The van der Waals surface area contributed by atoms with Crippen LogP contribution in [-0.2, 0) is 19.4 Å². The first-order chi connectivity index (χ1) is 17.0. The first-order valence-electron chi connectivity index (χ1n) is 11.5. The summed E-state index contributed by atoms with van der Waals surface area (Å²) in [5.74, 6) is 1.26. The fraction of sp³-hybridized carbons (Fsp3) is 0.320. The molecular weight excluding hydrogens is 482 g/mol. The normalized spacial score (nSPS) is 11.7. The number of nitrogens with zero attached hydrogens (tertiary/aromatic N) is 6. The van der Waals surface area contributed by atoms with Gasteiger partial charge in [0.05, 0.1) is 12.2 Å². The van der Waals surface area contributed by atoms with Gasteiger partial charge in [-0.15, -0.1) is 16.4 Å². The number of tetrazole rings is 1. The third-order valence-electron chi connectivity index (χ3n) is 5.64. The van der Waals surface area contributed by atoms with Crippen molar-refractivity contribution in [2.45, 2.75) is 39.2 Å². The molecule has 1 aromatic carbocycles. The lowest BCUT2D eigenvalue weighted by atomic mass is 10.1. The molecule has 0 radical (unpaired) electrons. The lowest BCUT2D eigenvalue weighted by Gasteiger charge is -2.14. The van der Waals surface area contributed by atoms with Crippen molar-refractivity contribution in [3.63, 3.8) is 0 Å². The summed E-state index contributed by atoms with van der Waals surface area (Å²) in [5, 5.41) is 17.3. The zero-order valence-corrected chi connectivity index (χ0v) is 21.6. The van der Waals surface area contributed by atoms with Crippen LogP contribution < -0.4 is 0 Å². The highest BCUT2D eigenvalue weighted by Gasteiger charge is 2.24. The van der Waals surface area contributed by atoms with Gasteiger partial charge in [0.15, 0.2) is 11.5 Å². The van der Waals surface area contributed by atoms with Crippen LogP contribution in [0.1, 0.15) is 58.0 Å². The minimum Gasteiger partial charge on any atom is -0.343 e. The second kappa shape index (κ2) is 11.4. The van der Waals surface area contributed by atoms with E-state index < -0.39 is 0 Å². The van der Waals surface area contributed by atoms with Crippen LogP contribution in [0, 0.1) is 0 Å². The van der Waals surface area contributed by atoms with Gasteiger partial charge < -0.3 is 9.47 Å². The molecule has 0 spiro atoms. The number of rotatable bonds is 10. The number of hydrogen-bond donors (Lipinski definition) is 1. The number of unbranched alkanes of at least 4 members (excludes halogenated alkanes) is 1. The number of H-pyrrole nitrogens is 1. The second-order valence-electron chi connectivity index (χ2n) is 8.42. The molecule has 0 bridgehead atoms. The fourth-order valence-corrected chi connectivity index (χ4v) is 4.72. The Bertz CT molecular complexity index is 1290. The highest BCUT2D eigenvalue weighted by molar-refractivity contribution is 7.10. The summed E-state index contributed by atoms with van der Waals surface area (Å²) in [7, 11) is 3.48. The van der Waals surface area contributed by atoms with Crippen molar-refractivity contribution in [2.24, 2.45) is 0 Å². The van der Waals surface area contributed by atoms with E-state index in [4.69, 9.17) is 16.6 Å². The standard InChI is InChI=1S/C25H28ClN7OS/c1-4-5-12-22-27-23(25(34)32(2)3)21(33(22)16-17-9-6-7-11-20(17)26)15-18(24-28-30-31-29-24)14-19-10-8-13-35-19/h6-11,13,15H,4-5,12,14,16H2,1-3H3,(H,28,29,30,31). The maximum Gasteiger partial charge on any atom is 0.274 e. The number of imidazole rings is 1. The number of amides is 1. The van der Waals surface area contributed by atoms with Gasteiger partial charge in [0, 0.05) is 42.4 Å². The molecule has 3 heterocycles. The molecule has 1 amide bonds. The number of carbonyl (C=O) groups excluding carboxylic acids is 1. The van der Waals surface area contributed by atoms with E-state index in [0.29, 0.717) is 29.5 Å². The molecule has 4 aromatic rings. The fourth-order valence-electron chi connectivity index (χ4n) is 3.79. The number of nitrogens with one attached hydrogen (secondary N) is 1. The van der Waals surface area contributed by atoms with Gasteiger partial charge in [0.25, 0.3) is 5.91 Å². The monoisotopic (exact) mass is 509 g/mol. The third kappa shape index (κ3) is 5.86. The molecule has 10 heteroatoms. The number of aromatic amines is 1. The molecule has 0 saturated heterocycles. The highest BCUT2D eigenvalue weighted by atomic mass is 35.5. The van der Waals surface area contributed by atoms with E-state index in [1.165, 1.54) is 0 Å². The van der Waals surface area contributed by atoms with Crippen molar-refractivity contribution < 1.29 is 4.79 Å². The van der Waals surface area contributed by atoms with E-state index in [0.717, 1.165) is 46.8 Å². The maximum atomic E-state index is 13.3. The van der Waals surface area contributed by atoms with Gasteiger partial charge in [0.2, 0.25) is 0 Å². The zero-order valence-electron chi connectivity index (χ0n) is 20.0.